The van der Waals surface area contributed by atoms with E-state index in [1.54, 1.807) is 0 Å². The molecule has 5 heteroatoms. The van der Waals surface area contributed by atoms with Crippen LogP contribution in [0.15, 0.2) is 0 Å². The van der Waals surface area contributed by atoms with Crippen LogP contribution >= 0.6 is 0 Å². The van der Waals surface area contributed by atoms with Crippen LogP contribution in [0.5, 0.6) is 0 Å². The SMILES string of the molecule is CN1CCN(C)C(CNC2CCCCNC2=O)C1. The van der Waals surface area contributed by atoms with Crippen LogP contribution < -0.4 is 10.6 Å². The molecule has 2 rings (SSSR count). The van der Waals surface area contributed by atoms with E-state index in [1.165, 1.54) is 0 Å². The molecule has 0 radical (unpaired) electrons. The van der Waals surface area contributed by atoms with Crippen molar-refractivity contribution in [1.82, 2.24) is 20.4 Å². The molecule has 0 aromatic heterocycles. The van der Waals surface area contributed by atoms with Crippen molar-refractivity contribution in [3.8, 4) is 0 Å². The van der Waals surface area contributed by atoms with Gasteiger partial charge in [0.1, 0.15) is 0 Å². The van der Waals surface area contributed by atoms with E-state index in [1.807, 2.05) is 0 Å². The van der Waals surface area contributed by atoms with Gasteiger partial charge >= 0.3 is 0 Å². The van der Waals surface area contributed by atoms with Gasteiger partial charge in [-0.3, -0.25) is 9.69 Å². The number of carbonyl (C=O) groups is 1. The zero-order valence-corrected chi connectivity index (χ0v) is 11.6. The maximum Gasteiger partial charge on any atom is 0.237 e. The first kappa shape index (κ1) is 13.8. The van der Waals surface area contributed by atoms with Gasteiger partial charge in [-0.05, 0) is 33.4 Å². The Bertz CT molecular complexity index is 284. The molecular formula is C13H26N4O. The molecule has 2 atom stereocenters. The quantitative estimate of drug-likeness (QED) is 0.712. The summed E-state index contributed by atoms with van der Waals surface area (Å²) in [7, 11) is 4.34. The second-order valence-electron chi connectivity index (χ2n) is 5.64. The number of nitrogens with zero attached hydrogens (tertiary/aromatic N) is 2. The van der Waals surface area contributed by atoms with Gasteiger partial charge in [-0.25, -0.2) is 0 Å². The lowest BCUT2D eigenvalue weighted by Gasteiger charge is -2.38. The van der Waals surface area contributed by atoms with Crippen LogP contribution in [0.4, 0.5) is 0 Å². The summed E-state index contributed by atoms with van der Waals surface area (Å²) in [5.74, 6) is 0.180. The molecule has 2 unspecified atom stereocenters. The Hall–Kier alpha value is -0.650. The second kappa shape index (κ2) is 6.50. The van der Waals surface area contributed by atoms with Crippen LogP contribution in [0.3, 0.4) is 0 Å². The van der Waals surface area contributed by atoms with Crippen molar-refractivity contribution in [2.24, 2.45) is 0 Å². The van der Waals surface area contributed by atoms with Gasteiger partial charge in [0.25, 0.3) is 0 Å². The summed E-state index contributed by atoms with van der Waals surface area (Å²) in [6, 6.07) is 0.521. The zero-order chi connectivity index (χ0) is 13.0. The first-order valence-corrected chi connectivity index (χ1v) is 7.06. The van der Waals surface area contributed by atoms with Crippen LogP contribution in [-0.2, 0) is 4.79 Å². The van der Waals surface area contributed by atoms with E-state index in [0.717, 1.165) is 52.0 Å². The normalized spacial score (nSPS) is 32.0. The van der Waals surface area contributed by atoms with E-state index in [2.05, 4.69) is 34.5 Å². The molecule has 0 aliphatic carbocycles. The number of nitrogens with one attached hydrogen (secondary N) is 2. The molecule has 0 bridgehead atoms. The van der Waals surface area contributed by atoms with Crippen LogP contribution in [0.25, 0.3) is 0 Å². The number of hydrogen-bond acceptors (Lipinski definition) is 4. The summed E-state index contributed by atoms with van der Waals surface area (Å²) in [6.07, 6.45) is 3.21. The fourth-order valence-corrected chi connectivity index (χ4v) is 2.73. The molecule has 104 valence electrons. The lowest BCUT2D eigenvalue weighted by Crippen LogP contribution is -2.56. The number of carbonyl (C=O) groups excluding carboxylic acids is 1. The minimum Gasteiger partial charge on any atom is -0.355 e. The molecule has 0 spiro atoms. The number of piperazine rings is 1. The van der Waals surface area contributed by atoms with E-state index in [-0.39, 0.29) is 11.9 Å². The van der Waals surface area contributed by atoms with Gasteiger partial charge < -0.3 is 15.5 Å². The third-order valence-electron chi connectivity index (χ3n) is 4.12. The smallest absolute Gasteiger partial charge is 0.237 e. The number of amides is 1. The topological polar surface area (TPSA) is 47.6 Å². The standard InChI is InChI=1S/C13H26N4O/c1-16-7-8-17(2)11(10-16)9-15-12-5-3-4-6-14-13(12)18/h11-12,15H,3-10H2,1-2H3,(H,14,18). The van der Waals surface area contributed by atoms with E-state index >= 15 is 0 Å². The van der Waals surface area contributed by atoms with Crippen molar-refractivity contribution in [3.05, 3.63) is 0 Å². The van der Waals surface area contributed by atoms with Gasteiger partial charge in [-0.15, -0.1) is 0 Å². The average molecular weight is 254 g/mol. The zero-order valence-electron chi connectivity index (χ0n) is 11.6. The van der Waals surface area contributed by atoms with Gasteiger partial charge in [0.2, 0.25) is 5.91 Å². The summed E-state index contributed by atoms with van der Waals surface area (Å²) < 4.78 is 0. The Labute approximate surface area is 110 Å². The van der Waals surface area contributed by atoms with E-state index in [0.29, 0.717) is 6.04 Å². The molecular weight excluding hydrogens is 228 g/mol. The molecule has 2 aliphatic rings. The predicted molar refractivity (Wildman–Crippen MR) is 72.6 cm³/mol. The molecule has 2 saturated heterocycles. The summed E-state index contributed by atoms with van der Waals surface area (Å²) >= 11 is 0. The Morgan fingerprint density at radius 2 is 2.17 bits per heavy atom. The summed E-state index contributed by atoms with van der Waals surface area (Å²) in [6.45, 7) is 5.07. The molecule has 0 saturated carbocycles. The van der Waals surface area contributed by atoms with Gasteiger partial charge in [0.15, 0.2) is 0 Å². The molecule has 2 heterocycles. The average Bonchev–Trinajstić information content (AvgIpc) is 2.55. The fraction of sp³-hybridized carbons (Fsp3) is 0.923. The highest BCUT2D eigenvalue weighted by molar-refractivity contribution is 5.81. The fourth-order valence-electron chi connectivity index (χ4n) is 2.73. The minimum absolute atomic E-state index is 0.00753. The first-order valence-electron chi connectivity index (χ1n) is 7.06. The van der Waals surface area contributed by atoms with Crippen LogP contribution in [0.1, 0.15) is 19.3 Å². The Morgan fingerprint density at radius 3 is 3.00 bits per heavy atom. The van der Waals surface area contributed by atoms with Crippen molar-refractivity contribution in [3.63, 3.8) is 0 Å². The Kier molecular flexibility index (Phi) is 4.97. The number of rotatable bonds is 3. The van der Waals surface area contributed by atoms with Gasteiger partial charge in [0.05, 0.1) is 6.04 Å². The largest absolute Gasteiger partial charge is 0.355 e. The summed E-state index contributed by atoms with van der Waals surface area (Å²) in [5.41, 5.74) is 0. The highest BCUT2D eigenvalue weighted by Crippen LogP contribution is 2.08. The van der Waals surface area contributed by atoms with Gasteiger partial charge in [-0.1, -0.05) is 0 Å². The van der Waals surface area contributed by atoms with Crippen LogP contribution in [0.2, 0.25) is 0 Å². The molecule has 2 aliphatic heterocycles. The predicted octanol–water partition coefficient (Wildman–Crippen LogP) is -0.509. The minimum atomic E-state index is 0.00753. The Morgan fingerprint density at radius 1 is 1.33 bits per heavy atom. The molecule has 0 aromatic carbocycles. The molecule has 1 amide bonds. The lowest BCUT2D eigenvalue weighted by atomic mass is 10.1. The van der Waals surface area contributed by atoms with E-state index < -0.39 is 0 Å². The molecule has 0 aromatic rings. The van der Waals surface area contributed by atoms with Crippen molar-refractivity contribution in [2.75, 3.05) is 46.8 Å². The maximum absolute atomic E-state index is 11.8. The number of hydrogen-bond donors (Lipinski definition) is 2. The van der Waals surface area contributed by atoms with Crippen LogP contribution in [-0.4, -0.2) is 74.6 Å². The molecule has 18 heavy (non-hydrogen) atoms. The second-order valence-corrected chi connectivity index (χ2v) is 5.64. The van der Waals surface area contributed by atoms with Crippen molar-refractivity contribution >= 4 is 5.91 Å². The molecule has 2 N–H and O–H groups in total. The third-order valence-corrected chi connectivity index (χ3v) is 4.12. The molecule has 5 nitrogen and oxygen atoms in total. The molecule has 2 fully saturated rings. The van der Waals surface area contributed by atoms with E-state index in [9.17, 15) is 4.79 Å². The maximum atomic E-state index is 11.8. The highest BCUT2D eigenvalue weighted by atomic mass is 16.2. The van der Waals surface area contributed by atoms with Gasteiger partial charge in [-0.2, -0.15) is 0 Å². The number of likely N-dealkylation sites (N-methyl/N-ethyl adjacent to an activating group) is 2. The van der Waals surface area contributed by atoms with E-state index in [4.69, 9.17) is 0 Å². The highest BCUT2D eigenvalue weighted by Gasteiger charge is 2.25. The summed E-state index contributed by atoms with van der Waals surface area (Å²) in [5, 5.41) is 6.43. The lowest BCUT2D eigenvalue weighted by molar-refractivity contribution is -0.122. The van der Waals surface area contributed by atoms with Crippen molar-refractivity contribution < 1.29 is 4.79 Å². The first-order chi connectivity index (χ1) is 8.66. The van der Waals surface area contributed by atoms with Gasteiger partial charge in [0, 0.05) is 38.8 Å². The third kappa shape index (κ3) is 3.67. The summed E-state index contributed by atoms with van der Waals surface area (Å²) in [4.78, 5) is 16.6. The van der Waals surface area contributed by atoms with Crippen molar-refractivity contribution in [2.45, 2.75) is 31.3 Å². The van der Waals surface area contributed by atoms with Crippen molar-refractivity contribution in [1.29, 1.82) is 0 Å². The Balaban J connectivity index is 1.80. The van der Waals surface area contributed by atoms with Crippen LogP contribution in [0, 0.1) is 0 Å². The monoisotopic (exact) mass is 254 g/mol.